The quantitative estimate of drug-likeness (QED) is 0.485. The van der Waals surface area contributed by atoms with Crippen LogP contribution in [0.1, 0.15) is 22.7 Å². The highest BCUT2D eigenvalue weighted by Crippen LogP contribution is 2.38. The van der Waals surface area contributed by atoms with E-state index < -0.39 is 17.7 Å². The fourth-order valence-electron chi connectivity index (χ4n) is 2.85. The van der Waals surface area contributed by atoms with Crippen LogP contribution in [0.5, 0.6) is 0 Å². The van der Waals surface area contributed by atoms with Crippen LogP contribution in [0.4, 0.5) is 0 Å². The molecule has 0 unspecified atom stereocenters. The van der Waals surface area contributed by atoms with Gasteiger partial charge in [0.1, 0.15) is 5.76 Å². The summed E-state index contributed by atoms with van der Waals surface area (Å²) >= 11 is 3.37. The molecule has 122 valence electrons. The Morgan fingerprint density at radius 1 is 1.04 bits per heavy atom. The van der Waals surface area contributed by atoms with E-state index in [-0.39, 0.29) is 11.3 Å². The topological polar surface area (TPSA) is 57.6 Å². The van der Waals surface area contributed by atoms with Gasteiger partial charge in [0.2, 0.25) is 0 Å². The van der Waals surface area contributed by atoms with E-state index >= 15 is 0 Å². The molecule has 0 bridgehead atoms. The molecule has 0 radical (unpaired) electrons. The Hall–Kier alpha value is -2.40. The molecule has 0 saturated carbocycles. The van der Waals surface area contributed by atoms with Crippen LogP contribution in [0, 0.1) is 6.92 Å². The van der Waals surface area contributed by atoms with Gasteiger partial charge in [0.25, 0.3) is 11.7 Å². The molecule has 1 aliphatic heterocycles. The molecule has 5 heteroatoms. The smallest absolute Gasteiger partial charge is 0.295 e. The molecule has 24 heavy (non-hydrogen) atoms. The maximum atomic E-state index is 12.4. The SMILES string of the molecule is Cc1ccc(/C(O)=C2\C(=O)C(=O)N(C)[C@H]2c2ccc(Br)cc2)cc1. The summed E-state index contributed by atoms with van der Waals surface area (Å²) in [6.07, 6.45) is 0. The number of Topliss-reactive ketones (excluding diaryl/α,β-unsaturated/α-hetero) is 1. The van der Waals surface area contributed by atoms with Gasteiger partial charge in [-0.2, -0.15) is 0 Å². The first-order chi connectivity index (χ1) is 11.4. The van der Waals surface area contributed by atoms with E-state index in [4.69, 9.17) is 0 Å². The lowest BCUT2D eigenvalue weighted by atomic mass is 9.95. The third-order valence-electron chi connectivity index (χ3n) is 4.19. The van der Waals surface area contributed by atoms with Crippen LogP contribution in [-0.2, 0) is 9.59 Å². The molecule has 2 aromatic rings. The van der Waals surface area contributed by atoms with E-state index in [1.807, 2.05) is 43.3 Å². The summed E-state index contributed by atoms with van der Waals surface area (Å²) in [5, 5.41) is 10.7. The maximum absolute atomic E-state index is 12.4. The molecule has 1 fully saturated rings. The van der Waals surface area contributed by atoms with Crippen LogP contribution in [0.3, 0.4) is 0 Å². The zero-order chi connectivity index (χ0) is 17.4. The molecule has 1 amide bonds. The minimum Gasteiger partial charge on any atom is -0.507 e. The molecule has 1 aliphatic rings. The number of likely N-dealkylation sites (N-methyl/N-ethyl adjacent to an activating group) is 1. The van der Waals surface area contributed by atoms with E-state index in [9.17, 15) is 14.7 Å². The van der Waals surface area contributed by atoms with Crippen LogP contribution in [0.2, 0.25) is 0 Å². The van der Waals surface area contributed by atoms with Crippen molar-refractivity contribution in [1.82, 2.24) is 4.90 Å². The number of hydrogen-bond donors (Lipinski definition) is 1. The van der Waals surface area contributed by atoms with Crippen LogP contribution in [0.25, 0.3) is 5.76 Å². The van der Waals surface area contributed by atoms with E-state index in [0.29, 0.717) is 5.56 Å². The maximum Gasteiger partial charge on any atom is 0.295 e. The number of likely N-dealkylation sites (tertiary alicyclic amines) is 1. The lowest BCUT2D eigenvalue weighted by molar-refractivity contribution is -0.139. The second-order valence-electron chi connectivity index (χ2n) is 5.83. The van der Waals surface area contributed by atoms with Gasteiger partial charge in [-0.3, -0.25) is 9.59 Å². The average molecular weight is 386 g/mol. The molecule has 1 heterocycles. The number of halogens is 1. The first-order valence-corrected chi connectivity index (χ1v) is 8.26. The van der Waals surface area contributed by atoms with Crippen molar-refractivity contribution >= 4 is 33.4 Å². The van der Waals surface area contributed by atoms with Crippen molar-refractivity contribution in [2.24, 2.45) is 0 Å². The highest BCUT2D eigenvalue weighted by atomic mass is 79.9. The first-order valence-electron chi connectivity index (χ1n) is 7.47. The molecule has 1 atom stereocenters. The minimum atomic E-state index is -0.663. The summed E-state index contributed by atoms with van der Waals surface area (Å²) in [5.74, 6) is -1.43. The monoisotopic (exact) mass is 385 g/mol. The first kappa shape index (κ1) is 16.5. The van der Waals surface area contributed by atoms with Gasteiger partial charge in [-0.15, -0.1) is 0 Å². The molecule has 4 nitrogen and oxygen atoms in total. The Bertz CT molecular complexity index is 838. The van der Waals surface area contributed by atoms with Crippen molar-refractivity contribution in [3.63, 3.8) is 0 Å². The summed E-state index contributed by atoms with van der Waals surface area (Å²) in [6.45, 7) is 1.94. The summed E-state index contributed by atoms with van der Waals surface area (Å²) < 4.78 is 0.901. The predicted octanol–water partition coefficient (Wildman–Crippen LogP) is 3.81. The molecule has 0 aromatic heterocycles. The van der Waals surface area contributed by atoms with Crippen molar-refractivity contribution in [2.45, 2.75) is 13.0 Å². The number of ketones is 1. The number of aliphatic hydroxyl groups excluding tert-OH is 1. The van der Waals surface area contributed by atoms with Gasteiger partial charge in [0.05, 0.1) is 11.6 Å². The number of rotatable bonds is 2. The van der Waals surface area contributed by atoms with Crippen LogP contribution in [-0.4, -0.2) is 28.7 Å². The second-order valence-corrected chi connectivity index (χ2v) is 6.74. The minimum absolute atomic E-state index is 0.119. The molecule has 1 saturated heterocycles. The Balaban J connectivity index is 2.16. The summed E-state index contributed by atoms with van der Waals surface area (Å²) in [7, 11) is 1.57. The Morgan fingerprint density at radius 2 is 1.62 bits per heavy atom. The Kier molecular flexibility index (Phi) is 4.28. The molecule has 3 rings (SSSR count). The van der Waals surface area contributed by atoms with Crippen molar-refractivity contribution in [1.29, 1.82) is 0 Å². The van der Waals surface area contributed by atoms with Gasteiger partial charge in [0.15, 0.2) is 0 Å². The zero-order valence-corrected chi connectivity index (χ0v) is 14.9. The van der Waals surface area contributed by atoms with Crippen LogP contribution >= 0.6 is 15.9 Å². The molecule has 0 spiro atoms. The van der Waals surface area contributed by atoms with E-state index in [1.54, 1.807) is 19.2 Å². The van der Waals surface area contributed by atoms with Gasteiger partial charge in [-0.25, -0.2) is 0 Å². The number of carbonyl (C=O) groups is 2. The lowest BCUT2D eigenvalue weighted by Crippen LogP contribution is -2.24. The second kappa shape index (κ2) is 6.24. The van der Waals surface area contributed by atoms with Gasteiger partial charge < -0.3 is 10.0 Å². The van der Waals surface area contributed by atoms with Crippen LogP contribution < -0.4 is 0 Å². The number of carbonyl (C=O) groups excluding carboxylic acids is 2. The lowest BCUT2D eigenvalue weighted by Gasteiger charge is -2.21. The number of nitrogens with zero attached hydrogens (tertiary/aromatic N) is 1. The van der Waals surface area contributed by atoms with Gasteiger partial charge in [-0.05, 0) is 24.6 Å². The van der Waals surface area contributed by atoms with E-state index in [0.717, 1.165) is 15.6 Å². The molecule has 0 aliphatic carbocycles. The number of aryl methyl sites for hydroxylation is 1. The Labute approximate surface area is 148 Å². The number of hydrogen-bond acceptors (Lipinski definition) is 3. The third-order valence-corrected chi connectivity index (χ3v) is 4.71. The highest BCUT2D eigenvalue weighted by molar-refractivity contribution is 9.10. The van der Waals surface area contributed by atoms with Gasteiger partial charge >= 0.3 is 0 Å². The van der Waals surface area contributed by atoms with Crippen LogP contribution in [0.15, 0.2) is 58.6 Å². The zero-order valence-electron chi connectivity index (χ0n) is 13.3. The summed E-state index contributed by atoms with van der Waals surface area (Å²) in [6, 6.07) is 13.9. The van der Waals surface area contributed by atoms with Gasteiger partial charge in [0, 0.05) is 17.1 Å². The number of amides is 1. The predicted molar refractivity (Wildman–Crippen MR) is 95.4 cm³/mol. The third kappa shape index (κ3) is 2.76. The Morgan fingerprint density at radius 3 is 2.21 bits per heavy atom. The average Bonchev–Trinajstić information content (AvgIpc) is 2.80. The fraction of sp³-hybridized carbons (Fsp3) is 0.158. The highest BCUT2D eigenvalue weighted by Gasteiger charge is 2.44. The molecular formula is C19H16BrNO3. The van der Waals surface area contributed by atoms with E-state index in [2.05, 4.69) is 15.9 Å². The summed E-state index contributed by atoms with van der Waals surface area (Å²) in [5.41, 5.74) is 2.46. The van der Waals surface area contributed by atoms with Gasteiger partial charge in [-0.1, -0.05) is 57.9 Å². The summed E-state index contributed by atoms with van der Waals surface area (Å²) in [4.78, 5) is 26.0. The normalized spacial score (nSPS) is 19.8. The number of aliphatic hydroxyl groups is 1. The van der Waals surface area contributed by atoms with E-state index in [1.165, 1.54) is 4.90 Å². The largest absolute Gasteiger partial charge is 0.507 e. The molecule has 2 aromatic carbocycles. The molecule has 1 N–H and O–H groups in total. The fourth-order valence-corrected chi connectivity index (χ4v) is 3.11. The van der Waals surface area contributed by atoms with Crippen molar-refractivity contribution < 1.29 is 14.7 Å². The molecular weight excluding hydrogens is 370 g/mol. The van der Waals surface area contributed by atoms with Crippen molar-refractivity contribution in [3.05, 3.63) is 75.3 Å². The standard InChI is InChI=1S/C19H16BrNO3/c1-11-3-5-13(6-4-11)17(22)15-16(21(2)19(24)18(15)23)12-7-9-14(20)10-8-12/h3-10,16,22H,1-2H3/b17-15+/t16-/m0/s1. The number of benzene rings is 2. The van der Waals surface area contributed by atoms with Crippen molar-refractivity contribution in [2.75, 3.05) is 7.05 Å². The van der Waals surface area contributed by atoms with Crippen molar-refractivity contribution in [3.8, 4) is 0 Å².